The molecular formula is C8H17N. The van der Waals surface area contributed by atoms with E-state index in [0.29, 0.717) is 5.41 Å². The molecule has 0 heterocycles. The zero-order chi connectivity index (χ0) is 7.07. The lowest BCUT2D eigenvalue weighted by Crippen LogP contribution is -2.20. The predicted octanol–water partition coefficient (Wildman–Crippen LogP) is 1.64. The summed E-state index contributed by atoms with van der Waals surface area (Å²) in [6, 6.07) is 0.789. The van der Waals surface area contributed by atoms with Crippen LogP contribution in [0.4, 0.5) is 0 Å². The van der Waals surface area contributed by atoms with Crippen molar-refractivity contribution in [2.45, 2.75) is 33.2 Å². The molecule has 1 N–H and O–H groups in total. The number of rotatable bonds is 2. The first-order valence-electron chi connectivity index (χ1n) is 3.78. The van der Waals surface area contributed by atoms with E-state index in [4.69, 9.17) is 0 Å². The van der Waals surface area contributed by atoms with Gasteiger partial charge in [-0.05, 0) is 24.8 Å². The van der Waals surface area contributed by atoms with Gasteiger partial charge in [0.2, 0.25) is 0 Å². The number of nitrogens with one attached hydrogen (secondary N) is 1. The van der Waals surface area contributed by atoms with Crippen LogP contribution in [0.3, 0.4) is 0 Å². The molecule has 0 aromatic carbocycles. The van der Waals surface area contributed by atoms with Crippen LogP contribution in [0.5, 0.6) is 0 Å². The summed E-state index contributed by atoms with van der Waals surface area (Å²) < 4.78 is 0. The SMILES string of the molecule is CNC1CC1(C)C(C)C. The average molecular weight is 127 g/mol. The molecule has 0 radical (unpaired) electrons. The lowest BCUT2D eigenvalue weighted by molar-refractivity contribution is 0.369. The molecular weight excluding hydrogens is 110 g/mol. The van der Waals surface area contributed by atoms with Gasteiger partial charge in [0.1, 0.15) is 0 Å². The molecule has 1 nitrogen and oxygen atoms in total. The van der Waals surface area contributed by atoms with E-state index in [1.54, 1.807) is 0 Å². The Labute approximate surface area is 57.8 Å². The van der Waals surface area contributed by atoms with E-state index in [-0.39, 0.29) is 0 Å². The molecule has 1 saturated carbocycles. The molecule has 0 spiro atoms. The average Bonchev–Trinajstić information content (AvgIpc) is 2.44. The van der Waals surface area contributed by atoms with Crippen molar-refractivity contribution in [3.63, 3.8) is 0 Å². The van der Waals surface area contributed by atoms with Crippen LogP contribution in [0, 0.1) is 11.3 Å². The first-order chi connectivity index (χ1) is 4.11. The minimum Gasteiger partial charge on any atom is -0.316 e. The minimum atomic E-state index is 0.606. The Kier molecular flexibility index (Phi) is 1.55. The highest BCUT2D eigenvalue weighted by atomic mass is 15.0. The monoisotopic (exact) mass is 127 g/mol. The fraction of sp³-hybridized carbons (Fsp3) is 1.00. The first kappa shape index (κ1) is 7.07. The van der Waals surface area contributed by atoms with Gasteiger partial charge in [-0.2, -0.15) is 0 Å². The van der Waals surface area contributed by atoms with Gasteiger partial charge < -0.3 is 5.32 Å². The standard InChI is InChI=1S/C8H17N/c1-6(2)8(3)5-7(8)9-4/h6-7,9H,5H2,1-4H3. The molecule has 1 aliphatic rings. The van der Waals surface area contributed by atoms with Crippen molar-refractivity contribution < 1.29 is 0 Å². The maximum atomic E-state index is 3.31. The fourth-order valence-electron chi connectivity index (χ4n) is 1.45. The van der Waals surface area contributed by atoms with Crippen LogP contribution in [0.1, 0.15) is 27.2 Å². The van der Waals surface area contributed by atoms with E-state index in [9.17, 15) is 0 Å². The first-order valence-corrected chi connectivity index (χ1v) is 3.78. The van der Waals surface area contributed by atoms with Crippen LogP contribution < -0.4 is 5.32 Å². The van der Waals surface area contributed by atoms with Crippen molar-refractivity contribution in [1.29, 1.82) is 0 Å². The quantitative estimate of drug-likeness (QED) is 0.594. The molecule has 1 rings (SSSR count). The summed E-state index contributed by atoms with van der Waals surface area (Å²) in [5, 5.41) is 3.31. The Morgan fingerprint density at radius 1 is 1.56 bits per heavy atom. The molecule has 0 amide bonds. The molecule has 9 heavy (non-hydrogen) atoms. The fourth-order valence-corrected chi connectivity index (χ4v) is 1.45. The molecule has 0 aromatic heterocycles. The summed E-state index contributed by atoms with van der Waals surface area (Å²) in [5.74, 6) is 0.829. The van der Waals surface area contributed by atoms with Crippen LogP contribution in [-0.2, 0) is 0 Å². The second-order valence-corrected chi connectivity index (χ2v) is 3.71. The van der Waals surface area contributed by atoms with Gasteiger partial charge in [0, 0.05) is 6.04 Å². The molecule has 2 atom stereocenters. The topological polar surface area (TPSA) is 12.0 Å². The van der Waals surface area contributed by atoms with Gasteiger partial charge in [-0.1, -0.05) is 20.8 Å². The Morgan fingerprint density at radius 3 is 2.22 bits per heavy atom. The van der Waals surface area contributed by atoms with Gasteiger partial charge in [0.05, 0.1) is 0 Å². The number of hydrogen-bond donors (Lipinski definition) is 1. The van der Waals surface area contributed by atoms with Gasteiger partial charge in [0.15, 0.2) is 0 Å². The summed E-state index contributed by atoms with van der Waals surface area (Å²) in [5.41, 5.74) is 0.606. The second kappa shape index (κ2) is 1.98. The molecule has 0 saturated heterocycles. The molecule has 0 aromatic rings. The summed E-state index contributed by atoms with van der Waals surface area (Å²) in [6.07, 6.45) is 1.36. The van der Waals surface area contributed by atoms with Crippen molar-refractivity contribution in [1.82, 2.24) is 5.32 Å². The Morgan fingerprint density at radius 2 is 2.11 bits per heavy atom. The predicted molar refractivity (Wildman–Crippen MR) is 40.4 cm³/mol. The maximum Gasteiger partial charge on any atom is 0.0127 e. The zero-order valence-electron chi connectivity index (χ0n) is 6.86. The molecule has 1 fully saturated rings. The third-order valence-corrected chi connectivity index (χ3v) is 2.95. The van der Waals surface area contributed by atoms with Crippen molar-refractivity contribution in [3.05, 3.63) is 0 Å². The van der Waals surface area contributed by atoms with Crippen LogP contribution in [0.15, 0.2) is 0 Å². The highest BCUT2D eigenvalue weighted by Gasteiger charge is 2.50. The molecule has 0 aliphatic heterocycles. The van der Waals surface area contributed by atoms with Crippen molar-refractivity contribution in [2.75, 3.05) is 7.05 Å². The summed E-state index contributed by atoms with van der Waals surface area (Å²) in [7, 11) is 2.05. The third-order valence-electron chi connectivity index (χ3n) is 2.95. The highest BCUT2D eigenvalue weighted by Crippen LogP contribution is 2.51. The number of hydrogen-bond acceptors (Lipinski definition) is 1. The smallest absolute Gasteiger partial charge is 0.0127 e. The van der Waals surface area contributed by atoms with E-state index in [2.05, 4.69) is 33.1 Å². The summed E-state index contributed by atoms with van der Waals surface area (Å²) >= 11 is 0. The molecule has 2 unspecified atom stereocenters. The minimum absolute atomic E-state index is 0.606. The largest absolute Gasteiger partial charge is 0.316 e. The summed E-state index contributed by atoms with van der Waals surface area (Å²) in [6.45, 7) is 6.97. The van der Waals surface area contributed by atoms with E-state index in [0.717, 1.165) is 12.0 Å². The second-order valence-electron chi connectivity index (χ2n) is 3.71. The van der Waals surface area contributed by atoms with Crippen LogP contribution in [0.25, 0.3) is 0 Å². The molecule has 1 aliphatic carbocycles. The van der Waals surface area contributed by atoms with Crippen LogP contribution in [-0.4, -0.2) is 13.1 Å². The van der Waals surface area contributed by atoms with Gasteiger partial charge in [-0.15, -0.1) is 0 Å². The van der Waals surface area contributed by atoms with Gasteiger partial charge in [-0.3, -0.25) is 0 Å². The van der Waals surface area contributed by atoms with Crippen LogP contribution >= 0.6 is 0 Å². The van der Waals surface area contributed by atoms with Crippen LogP contribution in [0.2, 0.25) is 0 Å². The maximum absolute atomic E-state index is 3.31. The van der Waals surface area contributed by atoms with Gasteiger partial charge >= 0.3 is 0 Å². The van der Waals surface area contributed by atoms with E-state index in [1.807, 2.05) is 0 Å². The Balaban J connectivity index is 2.42. The van der Waals surface area contributed by atoms with Gasteiger partial charge in [-0.25, -0.2) is 0 Å². The Bertz CT molecular complexity index is 109. The Hall–Kier alpha value is -0.0400. The molecule has 1 heteroatoms. The van der Waals surface area contributed by atoms with Crippen molar-refractivity contribution in [2.24, 2.45) is 11.3 Å². The highest BCUT2D eigenvalue weighted by molar-refractivity contribution is 5.05. The lowest BCUT2D eigenvalue weighted by atomic mass is 9.94. The molecule has 54 valence electrons. The van der Waals surface area contributed by atoms with E-state index < -0.39 is 0 Å². The van der Waals surface area contributed by atoms with Gasteiger partial charge in [0.25, 0.3) is 0 Å². The summed E-state index contributed by atoms with van der Waals surface area (Å²) in [4.78, 5) is 0. The van der Waals surface area contributed by atoms with Crippen molar-refractivity contribution >= 4 is 0 Å². The lowest BCUT2D eigenvalue weighted by Gasteiger charge is -2.14. The normalized spacial score (nSPS) is 41.7. The molecule has 0 bridgehead atoms. The zero-order valence-corrected chi connectivity index (χ0v) is 6.86. The van der Waals surface area contributed by atoms with Crippen molar-refractivity contribution in [3.8, 4) is 0 Å². The van der Waals surface area contributed by atoms with E-state index >= 15 is 0 Å². The van der Waals surface area contributed by atoms with E-state index in [1.165, 1.54) is 6.42 Å². The third kappa shape index (κ3) is 0.983.